The highest BCUT2D eigenvalue weighted by Gasteiger charge is 2.22. The Labute approximate surface area is 130 Å². The standard InChI is InChI=1S/C16H22N6/c1-2-4-14(5-3-1)13-20-8-10-21(11-9-20)16-18-15-12-17-6-7-22(15)19-16/h1-5,17H,6-13H2. The van der Waals surface area contributed by atoms with E-state index in [2.05, 4.69) is 55.5 Å². The van der Waals surface area contributed by atoms with Gasteiger partial charge in [0.2, 0.25) is 5.95 Å². The molecule has 0 atom stereocenters. The van der Waals surface area contributed by atoms with E-state index in [1.165, 1.54) is 5.56 Å². The van der Waals surface area contributed by atoms with Crippen LogP contribution in [-0.2, 0) is 19.6 Å². The first-order chi connectivity index (χ1) is 10.9. The summed E-state index contributed by atoms with van der Waals surface area (Å²) in [5.74, 6) is 1.96. The van der Waals surface area contributed by atoms with Gasteiger partial charge in [-0.25, -0.2) is 4.68 Å². The predicted molar refractivity (Wildman–Crippen MR) is 85.7 cm³/mol. The number of hydrogen-bond donors (Lipinski definition) is 1. The fourth-order valence-corrected chi connectivity index (χ4v) is 3.14. The van der Waals surface area contributed by atoms with Crippen LogP contribution in [0.5, 0.6) is 0 Å². The molecule has 6 nitrogen and oxygen atoms in total. The van der Waals surface area contributed by atoms with Crippen LogP contribution in [0.4, 0.5) is 5.95 Å². The van der Waals surface area contributed by atoms with Gasteiger partial charge in [0.25, 0.3) is 0 Å². The predicted octanol–water partition coefficient (Wildman–Crippen LogP) is 0.703. The number of hydrogen-bond acceptors (Lipinski definition) is 5. The number of nitrogens with one attached hydrogen (secondary N) is 1. The van der Waals surface area contributed by atoms with Crippen molar-refractivity contribution in [3.8, 4) is 0 Å². The summed E-state index contributed by atoms with van der Waals surface area (Å²) in [4.78, 5) is 9.50. The zero-order valence-electron chi connectivity index (χ0n) is 12.8. The Morgan fingerprint density at radius 1 is 1.00 bits per heavy atom. The minimum atomic E-state index is 0.834. The summed E-state index contributed by atoms with van der Waals surface area (Å²) < 4.78 is 2.04. The summed E-state index contributed by atoms with van der Waals surface area (Å²) in [6, 6.07) is 10.7. The second-order valence-electron chi connectivity index (χ2n) is 5.98. The van der Waals surface area contributed by atoms with E-state index in [0.29, 0.717) is 0 Å². The summed E-state index contributed by atoms with van der Waals surface area (Å²) >= 11 is 0. The van der Waals surface area contributed by atoms with Crippen LogP contribution in [0.2, 0.25) is 0 Å². The van der Waals surface area contributed by atoms with Crippen LogP contribution in [0.1, 0.15) is 11.4 Å². The fraction of sp³-hybridized carbons (Fsp3) is 0.500. The SMILES string of the molecule is c1ccc(CN2CCN(c3nc4n(n3)CCNC4)CC2)cc1. The van der Waals surface area contributed by atoms with Gasteiger partial charge in [-0.05, 0) is 5.56 Å². The summed E-state index contributed by atoms with van der Waals surface area (Å²) in [6.07, 6.45) is 0. The zero-order chi connectivity index (χ0) is 14.8. The maximum absolute atomic E-state index is 4.68. The van der Waals surface area contributed by atoms with Gasteiger partial charge in [-0.3, -0.25) is 4.90 Å². The number of rotatable bonds is 3. The Morgan fingerprint density at radius 3 is 2.59 bits per heavy atom. The Morgan fingerprint density at radius 2 is 1.82 bits per heavy atom. The van der Waals surface area contributed by atoms with Crippen molar-refractivity contribution in [2.45, 2.75) is 19.6 Å². The first-order valence-electron chi connectivity index (χ1n) is 8.04. The highest BCUT2D eigenvalue weighted by atomic mass is 15.5. The van der Waals surface area contributed by atoms with E-state index in [4.69, 9.17) is 0 Å². The average Bonchev–Trinajstić information content (AvgIpc) is 3.00. The van der Waals surface area contributed by atoms with Crippen molar-refractivity contribution in [1.82, 2.24) is 25.0 Å². The van der Waals surface area contributed by atoms with E-state index in [1.54, 1.807) is 0 Å². The third kappa shape index (κ3) is 2.84. The van der Waals surface area contributed by atoms with Crippen molar-refractivity contribution >= 4 is 5.95 Å². The topological polar surface area (TPSA) is 49.2 Å². The van der Waals surface area contributed by atoms with Gasteiger partial charge in [0.15, 0.2) is 0 Å². The summed E-state index contributed by atoms with van der Waals surface area (Å²) in [6.45, 7) is 7.92. The van der Waals surface area contributed by atoms with Crippen LogP contribution >= 0.6 is 0 Å². The number of piperazine rings is 1. The lowest BCUT2D eigenvalue weighted by atomic mass is 10.2. The lowest BCUT2D eigenvalue weighted by molar-refractivity contribution is 0.248. The van der Waals surface area contributed by atoms with Crippen molar-refractivity contribution in [2.75, 3.05) is 37.6 Å². The normalized spacial score (nSPS) is 19.2. The van der Waals surface area contributed by atoms with E-state index in [0.717, 1.165) is 64.1 Å². The third-order valence-electron chi connectivity index (χ3n) is 4.42. The van der Waals surface area contributed by atoms with E-state index < -0.39 is 0 Å². The molecular formula is C16H22N6. The Hall–Kier alpha value is -1.92. The Kier molecular flexibility index (Phi) is 3.78. The molecule has 3 heterocycles. The molecule has 0 spiro atoms. The monoisotopic (exact) mass is 298 g/mol. The molecule has 1 N–H and O–H groups in total. The van der Waals surface area contributed by atoms with Gasteiger partial charge < -0.3 is 10.2 Å². The molecule has 1 aromatic carbocycles. The molecule has 0 aliphatic carbocycles. The van der Waals surface area contributed by atoms with Gasteiger partial charge in [0.1, 0.15) is 5.82 Å². The molecule has 0 bridgehead atoms. The summed E-state index contributed by atoms with van der Waals surface area (Å²) in [5, 5.41) is 8.00. The molecule has 1 aromatic heterocycles. The zero-order valence-corrected chi connectivity index (χ0v) is 12.8. The van der Waals surface area contributed by atoms with Crippen molar-refractivity contribution in [3.05, 3.63) is 41.7 Å². The van der Waals surface area contributed by atoms with Crippen LogP contribution < -0.4 is 10.2 Å². The highest BCUT2D eigenvalue weighted by Crippen LogP contribution is 2.15. The molecule has 2 aromatic rings. The number of anilines is 1. The third-order valence-corrected chi connectivity index (χ3v) is 4.42. The van der Waals surface area contributed by atoms with Crippen LogP contribution in [0, 0.1) is 0 Å². The van der Waals surface area contributed by atoms with E-state index in [9.17, 15) is 0 Å². The molecule has 0 amide bonds. The van der Waals surface area contributed by atoms with Crippen LogP contribution in [0.25, 0.3) is 0 Å². The van der Waals surface area contributed by atoms with E-state index in [-0.39, 0.29) is 0 Å². The quantitative estimate of drug-likeness (QED) is 0.904. The first-order valence-corrected chi connectivity index (χ1v) is 8.04. The average molecular weight is 298 g/mol. The minimum Gasteiger partial charge on any atom is -0.337 e. The molecule has 22 heavy (non-hydrogen) atoms. The summed E-state index contributed by atoms with van der Waals surface area (Å²) in [5.41, 5.74) is 1.39. The highest BCUT2D eigenvalue weighted by molar-refractivity contribution is 5.30. The van der Waals surface area contributed by atoms with Crippen LogP contribution in [-0.4, -0.2) is 52.4 Å². The molecule has 0 saturated carbocycles. The van der Waals surface area contributed by atoms with E-state index in [1.807, 2.05) is 4.68 Å². The molecule has 6 heteroatoms. The molecule has 4 rings (SSSR count). The van der Waals surface area contributed by atoms with Gasteiger partial charge in [-0.1, -0.05) is 30.3 Å². The molecular weight excluding hydrogens is 276 g/mol. The van der Waals surface area contributed by atoms with Gasteiger partial charge >= 0.3 is 0 Å². The number of nitrogens with zero attached hydrogens (tertiary/aromatic N) is 5. The lowest BCUT2D eigenvalue weighted by Gasteiger charge is -2.34. The van der Waals surface area contributed by atoms with Gasteiger partial charge in [0.05, 0.1) is 13.1 Å². The second-order valence-corrected chi connectivity index (χ2v) is 5.98. The van der Waals surface area contributed by atoms with Crippen molar-refractivity contribution in [1.29, 1.82) is 0 Å². The molecule has 0 unspecified atom stereocenters. The molecule has 2 aliphatic heterocycles. The smallest absolute Gasteiger partial charge is 0.245 e. The molecule has 1 saturated heterocycles. The molecule has 0 radical (unpaired) electrons. The summed E-state index contributed by atoms with van der Waals surface area (Å²) in [7, 11) is 0. The number of benzene rings is 1. The minimum absolute atomic E-state index is 0.834. The van der Waals surface area contributed by atoms with Crippen LogP contribution in [0.15, 0.2) is 30.3 Å². The molecule has 2 aliphatic rings. The van der Waals surface area contributed by atoms with Crippen molar-refractivity contribution in [2.24, 2.45) is 0 Å². The van der Waals surface area contributed by atoms with Crippen molar-refractivity contribution in [3.63, 3.8) is 0 Å². The van der Waals surface area contributed by atoms with E-state index >= 15 is 0 Å². The van der Waals surface area contributed by atoms with Crippen molar-refractivity contribution < 1.29 is 0 Å². The fourth-order valence-electron chi connectivity index (χ4n) is 3.14. The maximum atomic E-state index is 4.68. The number of aromatic nitrogens is 3. The van der Waals surface area contributed by atoms with Gasteiger partial charge in [-0.15, -0.1) is 5.10 Å². The Balaban J connectivity index is 1.36. The first kappa shape index (κ1) is 13.7. The van der Waals surface area contributed by atoms with Gasteiger partial charge in [0, 0.05) is 39.3 Å². The lowest BCUT2D eigenvalue weighted by Crippen LogP contribution is -2.46. The number of fused-ring (bicyclic) bond motifs is 1. The second kappa shape index (κ2) is 6.06. The molecule has 1 fully saturated rings. The largest absolute Gasteiger partial charge is 0.337 e. The Bertz CT molecular complexity index is 591. The van der Waals surface area contributed by atoms with Gasteiger partial charge in [-0.2, -0.15) is 4.98 Å². The maximum Gasteiger partial charge on any atom is 0.245 e. The molecule has 116 valence electrons. The van der Waals surface area contributed by atoms with Crippen LogP contribution in [0.3, 0.4) is 0 Å².